The van der Waals surface area contributed by atoms with Gasteiger partial charge < -0.3 is 14.2 Å². The lowest BCUT2D eigenvalue weighted by atomic mass is 10.1. The molecule has 0 radical (unpaired) electrons. The summed E-state index contributed by atoms with van der Waals surface area (Å²) in [5.74, 6) is -0.660. The first kappa shape index (κ1) is 21.9. The average molecular weight is 317 g/mol. The summed E-state index contributed by atoms with van der Waals surface area (Å²) < 4.78 is 18.3. The third-order valence-corrected chi connectivity index (χ3v) is 3.86. The van der Waals surface area contributed by atoms with Crippen LogP contribution in [0.15, 0.2) is 0 Å². The molecule has 0 aromatic rings. The van der Waals surface area contributed by atoms with Gasteiger partial charge in [0.05, 0.1) is 19.8 Å². The molecule has 3 nitrogen and oxygen atoms in total. The van der Waals surface area contributed by atoms with Gasteiger partial charge in [-0.25, -0.2) is 0 Å². The summed E-state index contributed by atoms with van der Waals surface area (Å²) in [5.41, 5.74) is 0. The van der Waals surface area contributed by atoms with Gasteiger partial charge in [-0.15, -0.1) is 0 Å². The first-order valence-corrected chi connectivity index (χ1v) is 9.54. The van der Waals surface area contributed by atoms with E-state index in [0.29, 0.717) is 19.8 Å². The molecule has 0 aromatic carbocycles. The predicted molar refractivity (Wildman–Crippen MR) is 94.0 cm³/mol. The zero-order valence-corrected chi connectivity index (χ0v) is 15.8. The molecule has 0 saturated carbocycles. The highest BCUT2D eigenvalue weighted by atomic mass is 16.9. The molecule has 0 fully saturated rings. The summed E-state index contributed by atoms with van der Waals surface area (Å²) >= 11 is 0. The molecule has 0 N–H and O–H groups in total. The monoisotopic (exact) mass is 316 g/mol. The van der Waals surface area contributed by atoms with Crippen LogP contribution in [0.25, 0.3) is 0 Å². The molecule has 0 amide bonds. The van der Waals surface area contributed by atoms with Crippen LogP contribution >= 0.6 is 0 Å². The number of unbranched alkanes of at least 4 members (excludes halogenated alkanes) is 6. The van der Waals surface area contributed by atoms with Crippen LogP contribution in [0.5, 0.6) is 0 Å². The van der Waals surface area contributed by atoms with E-state index >= 15 is 0 Å². The topological polar surface area (TPSA) is 27.7 Å². The van der Waals surface area contributed by atoms with Crippen LogP contribution in [0.2, 0.25) is 0 Å². The Balaban J connectivity index is 4.48. The standard InChI is InChI=1S/C19H40O3/c1-6-9-12-15-20-19(18(4)5,21-16-13-10-7-2)22-17-14-11-8-3/h18H,6-17H2,1-5H3. The fourth-order valence-electron chi connectivity index (χ4n) is 2.32. The molecule has 3 heteroatoms. The van der Waals surface area contributed by atoms with Crippen LogP contribution in [0.1, 0.15) is 92.4 Å². The van der Waals surface area contributed by atoms with Crippen LogP contribution in [0, 0.1) is 5.92 Å². The van der Waals surface area contributed by atoms with E-state index < -0.39 is 5.97 Å². The number of hydrogen-bond acceptors (Lipinski definition) is 3. The van der Waals surface area contributed by atoms with Crippen molar-refractivity contribution >= 4 is 0 Å². The summed E-state index contributed by atoms with van der Waals surface area (Å²) in [4.78, 5) is 0. The largest absolute Gasteiger partial charge is 0.327 e. The second kappa shape index (κ2) is 14.5. The third kappa shape index (κ3) is 9.81. The number of rotatable bonds is 16. The minimum atomic E-state index is -0.852. The van der Waals surface area contributed by atoms with E-state index in [9.17, 15) is 0 Å². The SMILES string of the molecule is CCCCCOC(OCCCCC)(OCCCCC)C(C)C. The first-order chi connectivity index (χ1) is 10.6. The van der Waals surface area contributed by atoms with Crippen molar-refractivity contribution in [2.45, 2.75) is 98.4 Å². The second-order valence-corrected chi connectivity index (χ2v) is 6.42. The van der Waals surface area contributed by atoms with E-state index in [1.165, 1.54) is 38.5 Å². The van der Waals surface area contributed by atoms with Crippen molar-refractivity contribution in [1.29, 1.82) is 0 Å². The van der Waals surface area contributed by atoms with Gasteiger partial charge in [-0.2, -0.15) is 0 Å². The van der Waals surface area contributed by atoms with Gasteiger partial charge in [-0.3, -0.25) is 0 Å². The van der Waals surface area contributed by atoms with Crippen LogP contribution in [-0.2, 0) is 14.2 Å². The maximum Gasteiger partial charge on any atom is 0.285 e. The molecule has 0 rings (SSSR count). The highest BCUT2D eigenvalue weighted by Crippen LogP contribution is 2.27. The number of hydrogen-bond donors (Lipinski definition) is 0. The van der Waals surface area contributed by atoms with Crippen LogP contribution < -0.4 is 0 Å². The van der Waals surface area contributed by atoms with E-state index in [1.54, 1.807) is 0 Å². The van der Waals surface area contributed by atoms with Gasteiger partial charge in [0.15, 0.2) is 0 Å². The Morgan fingerprint density at radius 2 is 0.909 bits per heavy atom. The summed E-state index contributed by atoms with van der Waals surface area (Å²) in [6.45, 7) is 13.0. The summed E-state index contributed by atoms with van der Waals surface area (Å²) in [6.07, 6.45) is 10.4. The maximum absolute atomic E-state index is 6.11. The minimum Gasteiger partial charge on any atom is -0.327 e. The second-order valence-electron chi connectivity index (χ2n) is 6.42. The zero-order valence-electron chi connectivity index (χ0n) is 15.8. The molecule has 0 spiro atoms. The third-order valence-electron chi connectivity index (χ3n) is 3.86. The van der Waals surface area contributed by atoms with Crippen LogP contribution in [0.3, 0.4) is 0 Å². The molecular weight excluding hydrogens is 276 g/mol. The Morgan fingerprint density at radius 1 is 0.591 bits per heavy atom. The molecule has 0 aliphatic heterocycles. The lowest BCUT2D eigenvalue weighted by Crippen LogP contribution is -2.45. The van der Waals surface area contributed by atoms with Crippen molar-refractivity contribution in [3.8, 4) is 0 Å². The fraction of sp³-hybridized carbons (Fsp3) is 1.00. The van der Waals surface area contributed by atoms with Gasteiger partial charge in [0.2, 0.25) is 0 Å². The Bertz CT molecular complexity index is 197. The summed E-state index contributed by atoms with van der Waals surface area (Å²) in [6, 6.07) is 0. The maximum atomic E-state index is 6.11. The predicted octanol–water partition coefficient (Wildman–Crippen LogP) is 5.92. The number of ether oxygens (including phenoxy) is 3. The van der Waals surface area contributed by atoms with Gasteiger partial charge in [0.1, 0.15) is 0 Å². The van der Waals surface area contributed by atoms with Crippen molar-refractivity contribution in [2.75, 3.05) is 19.8 Å². The Kier molecular flexibility index (Phi) is 14.4. The lowest BCUT2D eigenvalue weighted by Gasteiger charge is -2.36. The lowest BCUT2D eigenvalue weighted by molar-refractivity contribution is -0.401. The average Bonchev–Trinajstić information content (AvgIpc) is 2.51. The molecule has 0 aromatic heterocycles. The molecule has 0 aliphatic carbocycles. The van der Waals surface area contributed by atoms with Crippen molar-refractivity contribution in [3.63, 3.8) is 0 Å². The van der Waals surface area contributed by atoms with Crippen LogP contribution in [-0.4, -0.2) is 25.8 Å². The van der Waals surface area contributed by atoms with Gasteiger partial charge >= 0.3 is 0 Å². The molecule has 0 atom stereocenters. The van der Waals surface area contributed by atoms with Crippen LogP contribution in [0.4, 0.5) is 0 Å². The van der Waals surface area contributed by atoms with Gasteiger partial charge in [0, 0.05) is 5.92 Å². The van der Waals surface area contributed by atoms with E-state index in [-0.39, 0.29) is 5.92 Å². The first-order valence-electron chi connectivity index (χ1n) is 9.54. The Labute approximate surface area is 139 Å². The zero-order chi connectivity index (χ0) is 16.7. The summed E-state index contributed by atoms with van der Waals surface area (Å²) in [7, 11) is 0. The Morgan fingerprint density at radius 3 is 1.14 bits per heavy atom. The molecule has 134 valence electrons. The molecule has 0 saturated heterocycles. The van der Waals surface area contributed by atoms with Crippen molar-refractivity contribution in [3.05, 3.63) is 0 Å². The van der Waals surface area contributed by atoms with Gasteiger partial charge in [-0.1, -0.05) is 73.1 Å². The van der Waals surface area contributed by atoms with Gasteiger partial charge in [0.25, 0.3) is 5.97 Å². The highest BCUT2D eigenvalue weighted by molar-refractivity contribution is 4.64. The summed E-state index contributed by atoms with van der Waals surface area (Å²) in [5, 5.41) is 0. The van der Waals surface area contributed by atoms with Gasteiger partial charge in [-0.05, 0) is 19.3 Å². The molecule has 22 heavy (non-hydrogen) atoms. The van der Waals surface area contributed by atoms with E-state index in [0.717, 1.165) is 19.3 Å². The quantitative estimate of drug-likeness (QED) is 0.261. The Hall–Kier alpha value is -0.120. The molecule has 0 unspecified atom stereocenters. The normalized spacial score (nSPS) is 12.3. The molecular formula is C19H40O3. The minimum absolute atomic E-state index is 0.192. The van der Waals surface area contributed by atoms with E-state index in [1.807, 2.05) is 0 Å². The molecule has 0 aliphatic rings. The molecule has 0 bridgehead atoms. The van der Waals surface area contributed by atoms with E-state index in [2.05, 4.69) is 34.6 Å². The highest BCUT2D eigenvalue weighted by Gasteiger charge is 2.37. The van der Waals surface area contributed by atoms with Crippen molar-refractivity contribution in [1.82, 2.24) is 0 Å². The fourth-order valence-corrected chi connectivity index (χ4v) is 2.32. The molecule has 0 heterocycles. The van der Waals surface area contributed by atoms with E-state index in [4.69, 9.17) is 14.2 Å². The van der Waals surface area contributed by atoms with Crippen molar-refractivity contribution in [2.24, 2.45) is 5.92 Å². The van der Waals surface area contributed by atoms with Crippen molar-refractivity contribution < 1.29 is 14.2 Å². The smallest absolute Gasteiger partial charge is 0.285 e.